The molecule has 0 aromatic rings. The molecule has 0 unspecified atom stereocenters. The first-order valence-corrected chi connectivity index (χ1v) is 4.89. The molecule has 53 valence electrons. The molecule has 0 nitrogen and oxygen atoms in total. The highest BCUT2D eigenvalue weighted by atomic mass is 32.2. The second-order valence-electron chi connectivity index (χ2n) is 2.59. The van der Waals surface area contributed by atoms with Crippen LogP contribution in [0.5, 0.6) is 0 Å². The van der Waals surface area contributed by atoms with Crippen molar-refractivity contribution < 1.29 is 0 Å². The van der Waals surface area contributed by atoms with Gasteiger partial charge in [-0.15, -0.1) is 0 Å². The third kappa shape index (κ3) is 2.61. The summed E-state index contributed by atoms with van der Waals surface area (Å²) in [6.45, 7) is 2.27. The van der Waals surface area contributed by atoms with Crippen molar-refractivity contribution in [1.82, 2.24) is 0 Å². The first kappa shape index (κ1) is 7.46. The molecule has 0 spiro atoms. The van der Waals surface area contributed by atoms with Gasteiger partial charge in [0.05, 0.1) is 0 Å². The Bertz CT molecular complexity index is 62.2. The minimum atomic E-state index is 1.34. The molecule has 0 atom stereocenters. The van der Waals surface area contributed by atoms with Crippen LogP contribution in [-0.2, 0) is 0 Å². The zero-order chi connectivity index (χ0) is 6.53. The fourth-order valence-corrected chi connectivity index (χ4v) is 2.46. The largest absolute Gasteiger partial charge is 0.154 e. The standard InChI is InChI=1S/C8H15S/c1-2-5-8-6-3-4-7-9-8/h2-7H2,1H3. The lowest BCUT2D eigenvalue weighted by Gasteiger charge is -2.19. The van der Waals surface area contributed by atoms with Crippen LogP contribution in [0, 0.1) is 5.25 Å². The summed E-state index contributed by atoms with van der Waals surface area (Å²) in [4.78, 5) is 0. The molecule has 0 saturated carbocycles. The van der Waals surface area contributed by atoms with Crippen molar-refractivity contribution >= 4 is 11.8 Å². The summed E-state index contributed by atoms with van der Waals surface area (Å²) in [5.41, 5.74) is 0. The lowest BCUT2D eigenvalue weighted by molar-refractivity contribution is 0.704. The van der Waals surface area contributed by atoms with Gasteiger partial charge < -0.3 is 0 Å². The van der Waals surface area contributed by atoms with E-state index in [9.17, 15) is 0 Å². The van der Waals surface area contributed by atoms with Crippen LogP contribution < -0.4 is 0 Å². The predicted molar refractivity (Wildman–Crippen MR) is 44.5 cm³/mol. The Balaban J connectivity index is 2.08. The fraction of sp³-hybridized carbons (Fsp3) is 0.875. The smallest absolute Gasteiger partial charge is 0.0306 e. The van der Waals surface area contributed by atoms with E-state index in [0.717, 1.165) is 0 Å². The van der Waals surface area contributed by atoms with Gasteiger partial charge in [0, 0.05) is 5.25 Å². The molecule has 1 aliphatic rings. The van der Waals surface area contributed by atoms with Crippen LogP contribution >= 0.6 is 11.8 Å². The normalized spacial score (nSPS) is 22.3. The predicted octanol–water partition coefficient (Wildman–Crippen LogP) is 3.24. The minimum absolute atomic E-state index is 1.34. The molecule has 1 fully saturated rings. The third-order valence-electron chi connectivity index (χ3n) is 1.68. The molecule has 9 heavy (non-hydrogen) atoms. The van der Waals surface area contributed by atoms with E-state index in [1.54, 1.807) is 5.25 Å². The maximum absolute atomic E-state index is 2.27. The first-order valence-electron chi connectivity index (χ1n) is 3.91. The summed E-state index contributed by atoms with van der Waals surface area (Å²) in [6, 6.07) is 0. The zero-order valence-corrected chi connectivity index (χ0v) is 6.97. The van der Waals surface area contributed by atoms with Crippen molar-refractivity contribution in [1.29, 1.82) is 0 Å². The topological polar surface area (TPSA) is 0 Å². The van der Waals surface area contributed by atoms with Gasteiger partial charge in [-0.1, -0.05) is 19.8 Å². The highest BCUT2D eigenvalue weighted by Crippen LogP contribution is 2.34. The molecule has 0 amide bonds. The molecular weight excluding hydrogens is 128 g/mol. The molecule has 1 heteroatoms. The van der Waals surface area contributed by atoms with Crippen LogP contribution in [0.2, 0.25) is 0 Å². The summed E-state index contributed by atoms with van der Waals surface area (Å²) >= 11 is 2.10. The summed E-state index contributed by atoms with van der Waals surface area (Å²) in [5, 5.41) is 1.75. The summed E-state index contributed by atoms with van der Waals surface area (Å²) in [7, 11) is 0. The lowest BCUT2D eigenvalue weighted by Crippen LogP contribution is -2.00. The van der Waals surface area contributed by atoms with Gasteiger partial charge in [0.15, 0.2) is 0 Å². The van der Waals surface area contributed by atoms with Gasteiger partial charge >= 0.3 is 0 Å². The summed E-state index contributed by atoms with van der Waals surface area (Å²) in [5.74, 6) is 1.38. The van der Waals surface area contributed by atoms with E-state index >= 15 is 0 Å². The zero-order valence-electron chi connectivity index (χ0n) is 6.15. The molecule has 0 aliphatic carbocycles. The molecule has 1 radical (unpaired) electrons. The lowest BCUT2D eigenvalue weighted by atomic mass is 10.1. The monoisotopic (exact) mass is 143 g/mol. The number of hydrogen-bond acceptors (Lipinski definition) is 1. The Morgan fingerprint density at radius 2 is 2.33 bits per heavy atom. The second-order valence-corrected chi connectivity index (χ2v) is 3.87. The van der Waals surface area contributed by atoms with Crippen molar-refractivity contribution in [3.8, 4) is 0 Å². The molecule has 1 heterocycles. The molecule has 1 saturated heterocycles. The van der Waals surface area contributed by atoms with Crippen LogP contribution in [-0.4, -0.2) is 5.75 Å². The van der Waals surface area contributed by atoms with Crippen molar-refractivity contribution in [2.45, 2.75) is 39.0 Å². The number of hydrogen-bond donors (Lipinski definition) is 0. The van der Waals surface area contributed by atoms with Crippen molar-refractivity contribution in [3.63, 3.8) is 0 Å². The van der Waals surface area contributed by atoms with E-state index in [2.05, 4.69) is 18.7 Å². The molecule has 0 aromatic heterocycles. The fourth-order valence-electron chi connectivity index (χ4n) is 1.19. The van der Waals surface area contributed by atoms with Crippen molar-refractivity contribution in [3.05, 3.63) is 5.25 Å². The van der Waals surface area contributed by atoms with Crippen LogP contribution in [0.1, 0.15) is 39.0 Å². The van der Waals surface area contributed by atoms with Crippen LogP contribution in [0.4, 0.5) is 0 Å². The quantitative estimate of drug-likeness (QED) is 0.572. The van der Waals surface area contributed by atoms with Crippen LogP contribution in [0.25, 0.3) is 0 Å². The highest BCUT2D eigenvalue weighted by molar-refractivity contribution is 8.02. The van der Waals surface area contributed by atoms with E-state index in [1.807, 2.05) is 0 Å². The van der Waals surface area contributed by atoms with E-state index in [4.69, 9.17) is 0 Å². The number of rotatable bonds is 2. The average molecular weight is 143 g/mol. The Labute approximate surface area is 62.4 Å². The van der Waals surface area contributed by atoms with Gasteiger partial charge in [0.25, 0.3) is 0 Å². The second kappa shape index (κ2) is 4.21. The van der Waals surface area contributed by atoms with Crippen molar-refractivity contribution in [2.75, 3.05) is 5.75 Å². The summed E-state index contributed by atoms with van der Waals surface area (Å²) < 4.78 is 0. The SMILES string of the molecule is CCC[C]1CCCCS1. The average Bonchev–Trinajstić information content (AvgIpc) is 1.91. The van der Waals surface area contributed by atoms with Crippen LogP contribution in [0.15, 0.2) is 0 Å². The molecule has 1 aliphatic heterocycles. The van der Waals surface area contributed by atoms with E-state index in [1.165, 1.54) is 37.9 Å². The van der Waals surface area contributed by atoms with Gasteiger partial charge in [0.2, 0.25) is 0 Å². The molecule has 1 rings (SSSR count). The Morgan fingerprint density at radius 3 is 2.89 bits per heavy atom. The first-order chi connectivity index (χ1) is 4.43. The van der Waals surface area contributed by atoms with Crippen LogP contribution in [0.3, 0.4) is 0 Å². The number of thioether (sulfide) groups is 1. The minimum Gasteiger partial charge on any atom is -0.154 e. The molecular formula is C8H15S. The molecule has 0 N–H and O–H groups in total. The van der Waals surface area contributed by atoms with E-state index in [-0.39, 0.29) is 0 Å². The highest BCUT2D eigenvalue weighted by Gasteiger charge is 2.12. The third-order valence-corrected chi connectivity index (χ3v) is 2.99. The Kier molecular flexibility index (Phi) is 3.49. The van der Waals surface area contributed by atoms with E-state index < -0.39 is 0 Å². The molecule has 0 bridgehead atoms. The molecule has 0 aromatic carbocycles. The van der Waals surface area contributed by atoms with Gasteiger partial charge in [0.1, 0.15) is 0 Å². The van der Waals surface area contributed by atoms with Gasteiger partial charge in [-0.2, -0.15) is 11.8 Å². The summed E-state index contributed by atoms with van der Waals surface area (Å²) in [6.07, 6.45) is 6.99. The maximum atomic E-state index is 2.27. The van der Waals surface area contributed by atoms with Gasteiger partial charge in [-0.3, -0.25) is 0 Å². The van der Waals surface area contributed by atoms with Gasteiger partial charge in [-0.25, -0.2) is 0 Å². The van der Waals surface area contributed by atoms with E-state index in [0.29, 0.717) is 0 Å². The van der Waals surface area contributed by atoms with Crippen molar-refractivity contribution in [2.24, 2.45) is 0 Å². The maximum Gasteiger partial charge on any atom is 0.0306 e. The van der Waals surface area contributed by atoms with Gasteiger partial charge in [-0.05, 0) is 25.0 Å². The Morgan fingerprint density at radius 1 is 1.44 bits per heavy atom. The Hall–Kier alpha value is 0.350.